The Morgan fingerprint density at radius 3 is 2.20 bits per heavy atom. The molecule has 1 aromatic rings. The Kier molecular flexibility index (Phi) is 6.91. The van der Waals surface area contributed by atoms with Gasteiger partial charge in [0, 0.05) is 6.42 Å². The Bertz CT molecular complexity index is 440. The van der Waals surface area contributed by atoms with Crippen molar-refractivity contribution in [3.8, 4) is 17.2 Å². The van der Waals surface area contributed by atoms with Crippen molar-refractivity contribution in [1.82, 2.24) is 0 Å². The number of rotatable bonds is 8. The van der Waals surface area contributed by atoms with Gasteiger partial charge in [-0.05, 0) is 31.9 Å². The summed E-state index contributed by atoms with van der Waals surface area (Å²) in [5.41, 5.74) is 1.08. The van der Waals surface area contributed by atoms with Gasteiger partial charge in [0.2, 0.25) is 5.75 Å². The third kappa shape index (κ3) is 4.15. The molecular weight excluding hydrogens is 256 g/mol. The molecule has 0 N–H and O–H groups in total. The Morgan fingerprint density at radius 1 is 1.00 bits per heavy atom. The molecular formula is C16H24O4. The van der Waals surface area contributed by atoms with Crippen LogP contribution in [0.3, 0.4) is 0 Å². The summed E-state index contributed by atoms with van der Waals surface area (Å²) in [4.78, 5) is 11.5. The first-order chi connectivity index (χ1) is 9.67. The zero-order chi connectivity index (χ0) is 15.0. The lowest BCUT2D eigenvalue weighted by atomic mass is 10.1. The Labute approximate surface area is 121 Å². The third-order valence-corrected chi connectivity index (χ3v) is 2.77. The Hall–Kier alpha value is -1.71. The van der Waals surface area contributed by atoms with E-state index >= 15 is 0 Å². The summed E-state index contributed by atoms with van der Waals surface area (Å²) >= 11 is 0. The molecule has 0 saturated carbocycles. The number of hydrogen-bond acceptors (Lipinski definition) is 4. The molecule has 0 bridgehead atoms. The van der Waals surface area contributed by atoms with E-state index in [1.165, 1.54) is 0 Å². The van der Waals surface area contributed by atoms with Crippen LogP contribution in [0.25, 0.3) is 0 Å². The largest absolute Gasteiger partial charge is 0.490 e. The average Bonchev–Trinajstić information content (AvgIpc) is 2.45. The Balaban J connectivity index is 3.22. The molecule has 4 nitrogen and oxygen atoms in total. The van der Waals surface area contributed by atoms with Crippen LogP contribution in [0.4, 0.5) is 0 Å². The van der Waals surface area contributed by atoms with E-state index in [4.69, 9.17) is 14.2 Å². The molecule has 0 aromatic heterocycles. The van der Waals surface area contributed by atoms with E-state index in [9.17, 15) is 4.79 Å². The van der Waals surface area contributed by atoms with Crippen molar-refractivity contribution >= 4 is 5.97 Å². The van der Waals surface area contributed by atoms with Crippen molar-refractivity contribution in [2.24, 2.45) is 0 Å². The first-order valence-electron chi connectivity index (χ1n) is 7.29. The third-order valence-electron chi connectivity index (χ3n) is 2.77. The number of carbonyl (C=O) groups is 1. The van der Waals surface area contributed by atoms with Crippen LogP contribution in [-0.2, 0) is 11.2 Å². The van der Waals surface area contributed by atoms with Crippen molar-refractivity contribution in [2.45, 2.75) is 47.0 Å². The molecule has 1 aromatic carbocycles. The molecule has 0 aliphatic heterocycles. The second-order valence-corrected chi connectivity index (χ2v) is 4.32. The van der Waals surface area contributed by atoms with Gasteiger partial charge in [0.15, 0.2) is 11.5 Å². The topological polar surface area (TPSA) is 44.8 Å². The maximum Gasteiger partial charge on any atom is 0.311 e. The number of benzene rings is 1. The van der Waals surface area contributed by atoms with Gasteiger partial charge in [0.05, 0.1) is 13.2 Å². The number of hydrogen-bond donors (Lipinski definition) is 0. The van der Waals surface area contributed by atoms with Gasteiger partial charge in [0.25, 0.3) is 0 Å². The van der Waals surface area contributed by atoms with Gasteiger partial charge in [-0.1, -0.05) is 26.3 Å². The van der Waals surface area contributed by atoms with E-state index in [-0.39, 0.29) is 5.97 Å². The van der Waals surface area contributed by atoms with Crippen LogP contribution >= 0.6 is 0 Å². The highest BCUT2D eigenvalue weighted by Crippen LogP contribution is 2.41. The highest BCUT2D eigenvalue weighted by molar-refractivity contribution is 5.73. The van der Waals surface area contributed by atoms with E-state index in [0.717, 1.165) is 18.4 Å². The van der Waals surface area contributed by atoms with E-state index in [1.807, 2.05) is 19.9 Å². The monoisotopic (exact) mass is 280 g/mol. The van der Waals surface area contributed by atoms with Gasteiger partial charge >= 0.3 is 5.97 Å². The highest BCUT2D eigenvalue weighted by Gasteiger charge is 2.18. The van der Waals surface area contributed by atoms with E-state index < -0.39 is 0 Å². The summed E-state index contributed by atoms with van der Waals surface area (Å²) < 4.78 is 16.7. The van der Waals surface area contributed by atoms with Crippen molar-refractivity contribution in [3.05, 3.63) is 17.7 Å². The molecule has 0 atom stereocenters. The number of aryl methyl sites for hydroxylation is 1. The van der Waals surface area contributed by atoms with Gasteiger partial charge in [-0.15, -0.1) is 0 Å². The van der Waals surface area contributed by atoms with Crippen LogP contribution in [0.15, 0.2) is 12.1 Å². The lowest BCUT2D eigenvalue weighted by molar-refractivity contribution is -0.134. The second kappa shape index (κ2) is 8.46. The lowest BCUT2D eigenvalue weighted by Gasteiger charge is -2.18. The van der Waals surface area contributed by atoms with Crippen LogP contribution in [0.5, 0.6) is 17.2 Å². The van der Waals surface area contributed by atoms with Crippen LogP contribution in [0.1, 0.15) is 46.1 Å². The van der Waals surface area contributed by atoms with Crippen molar-refractivity contribution in [3.63, 3.8) is 0 Å². The summed E-state index contributed by atoms with van der Waals surface area (Å²) in [5, 5.41) is 0. The minimum absolute atomic E-state index is 0.281. The second-order valence-electron chi connectivity index (χ2n) is 4.32. The van der Waals surface area contributed by atoms with Gasteiger partial charge in [-0.25, -0.2) is 0 Å². The van der Waals surface area contributed by atoms with Crippen LogP contribution in [0, 0.1) is 0 Å². The molecule has 1 rings (SSSR count). The number of ether oxygens (including phenoxy) is 3. The fraction of sp³-hybridized carbons (Fsp3) is 0.562. The SMILES string of the molecule is CCCc1ccc(OC(=O)CC)c(OCC)c1OCC. The van der Waals surface area contributed by atoms with E-state index in [1.54, 1.807) is 13.0 Å². The zero-order valence-corrected chi connectivity index (χ0v) is 12.8. The molecule has 0 aliphatic rings. The quantitative estimate of drug-likeness (QED) is 0.537. The molecule has 0 heterocycles. The fourth-order valence-electron chi connectivity index (χ4n) is 1.91. The van der Waals surface area contributed by atoms with Gasteiger partial charge in [0.1, 0.15) is 0 Å². The normalized spacial score (nSPS) is 10.2. The van der Waals surface area contributed by atoms with Gasteiger partial charge < -0.3 is 14.2 Å². The average molecular weight is 280 g/mol. The predicted octanol–water partition coefficient (Wildman–Crippen LogP) is 3.75. The molecule has 0 saturated heterocycles. The van der Waals surface area contributed by atoms with Crippen molar-refractivity contribution in [2.75, 3.05) is 13.2 Å². The molecule has 0 aliphatic carbocycles. The lowest BCUT2D eigenvalue weighted by Crippen LogP contribution is -2.09. The van der Waals surface area contributed by atoms with Gasteiger partial charge in [-0.2, -0.15) is 0 Å². The predicted molar refractivity (Wildman–Crippen MR) is 78.7 cm³/mol. The first-order valence-corrected chi connectivity index (χ1v) is 7.29. The molecule has 0 amide bonds. The smallest absolute Gasteiger partial charge is 0.311 e. The molecule has 0 unspecified atom stereocenters. The number of carbonyl (C=O) groups excluding carboxylic acids is 1. The summed E-state index contributed by atoms with van der Waals surface area (Å²) in [6, 6.07) is 3.72. The summed E-state index contributed by atoms with van der Waals surface area (Å²) in [7, 11) is 0. The maximum atomic E-state index is 11.5. The van der Waals surface area contributed by atoms with Crippen molar-refractivity contribution < 1.29 is 19.0 Å². The zero-order valence-electron chi connectivity index (χ0n) is 12.8. The van der Waals surface area contributed by atoms with Crippen LogP contribution in [-0.4, -0.2) is 19.2 Å². The maximum absolute atomic E-state index is 11.5. The molecule has 4 heteroatoms. The molecule has 0 spiro atoms. The molecule has 112 valence electrons. The summed E-state index contributed by atoms with van der Waals surface area (Å²) in [6.07, 6.45) is 2.24. The molecule has 20 heavy (non-hydrogen) atoms. The standard InChI is InChI=1S/C16H24O4/c1-5-9-12-10-11-13(20-14(17)6-2)16(19-8-4)15(12)18-7-3/h10-11H,5-9H2,1-4H3. The minimum atomic E-state index is -0.281. The Morgan fingerprint density at radius 2 is 1.65 bits per heavy atom. The minimum Gasteiger partial charge on any atom is -0.490 e. The van der Waals surface area contributed by atoms with Gasteiger partial charge in [-0.3, -0.25) is 4.79 Å². The number of esters is 1. The molecule has 0 fully saturated rings. The van der Waals surface area contributed by atoms with Crippen molar-refractivity contribution in [1.29, 1.82) is 0 Å². The van der Waals surface area contributed by atoms with E-state index in [0.29, 0.717) is 36.9 Å². The van der Waals surface area contributed by atoms with E-state index in [2.05, 4.69) is 6.92 Å². The summed E-state index contributed by atoms with van der Waals surface area (Å²) in [6.45, 7) is 8.73. The van der Waals surface area contributed by atoms with Crippen LogP contribution in [0.2, 0.25) is 0 Å². The first kappa shape index (κ1) is 16.3. The fourth-order valence-corrected chi connectivity index (χ4v) is 1.91. The molecule has 0 radical (unpaired) electrons. The highest BCUT2D eigenvalue weighted by atomic mass is 16.6. The summed E-state index contributed by atoms with van der Waals surface area (Å²) in [5.74, 6) is 1.37. The van der Waals surface area contributed by atoms with Crippen LogP contribution < -0.4 is 14.2 Å².